The molecule has 0 saturated heterocycles. The smallest absolute Gasteiger partial charge is 0.333 e. The standard InChI is InChI=1S/C41H60O3/c1-5-7-8-9-34-24-25-39(28-33(34)6-2)37-22-20-36(21-23-37)35-16-12-31(13-17-35)10-11-32-14-18-38(19-15-32)40(26-27-42)29-44-41(43)30(3)4/h20-25,28,31-32,35,38,40,42H,3,5-19,26-27,29H2,1-2,4H3. The van der Waals surface area contributed by atoms with E-state index in [0.717, 1.165) is 24.7 Å². The molecular formula is C41H60O3. The molecule has 2 saturated carbocycles. The molecule has 0 amide bonds. The zero-order valence-corrected chi connectivity index (χ0v) is 28.1. The first-order valence-electron chi connectivity index (χ1n) is 18.1. The fourth-order valence-electron chi connectivity index (χ4n) is 8.02. The van der Waals surface area contributed by atoms with E-state index in [0.29, 0.717) is 24.0 Å². The Kier molecular flexibility index (Phi) is 14.1. The first kappa shape index (κ1) is 34.5. The molecule has 1 N–H and O–H groups in total. The highest BCUT2D eigenvalue weighted by atomic mass is 16.5. The Labute approximate surface area is 268 Å². The van der Waals surface area contributed by atoms with Gasteiger partial charge in [0.15, 0.2) is 0 Å². The zero-order chi connectivity index (χ0) is 31.3. The normalized spacial score (nSPS) is 22.8. The third-order valence-electron chi connectivity index (χ3n) is 11.0. The maximum absolute atomic E-state index is 11.9. The summed E-state index contributed by atoms with van der Waals surface area (Å²) in [5.74, 6) is 2.95. The van der Waals surface area contributed by atoms with Gasteiger partial charge in [0.1, 0.15) is 0 Å². The molecule has 2 fully saturated rings. The van der Waals surface area contributed by atoms with Gasteiger partial charge in [0, 0.05) is 12.2 Å². The number of unbranched alkanes of at least 4 members (excludes halogenated alkanes) is 2. The van der Waals surface area contributed by atoms with E-state index in [1.54, 1.807) is 6.92 Å². The monoisotopic (exact) mass is 600 g/mol. The molecular weight excluding hydrogens is 540 g/mol. The molecule has 44 heavy (non-hydrogen) atoms. The van der Waals surface area contributed by atoms with Crippen molar-refractivity contribution in [2.24, 2.45) is 23.7 Å². The van der Waals surface area contributed by atoms with Gasteiger partial charge < -0.3 is 9.84 Å². The Bertz CT molecular complexity index is 1150. The number of aliphatic hydroxyl groups excluding tert-OH is 1. The maximum atomic E-state index is 11.9. The van der Waals surface area contributed by atoms with Crippen molar-refractivity contribution in [3.05, 3.63) is 71.3 Å². The highest BCUT2D eigenvalue weighted by Crippen LogP contribution is 2.41. The molecule has 3 heteroatoms. The van der Waals surface area contributed by atoms with Gasteiger partial charge in [-0.2, -0.15) is 0 Å². The molecule has 0 spiro atoms. The summed E-state index contributed by atoms with van der Waals surface area (Å²) in [5.41, 5.74) is 7.74. The second-order valence-electron chi connectivity index (χ2n) is 14.1. The van der Waals surface area contributed by atoms with Crippen LogP contribution in [0.1, 0.15) is 133 Å². The van der Waals surface area contributed by atoms with Crippen molar-refractivity contribution in [2.75, 3.05) is 13.2 Å². The second kappa shape index (κ2) is 17.9. The summed E-state index contributed by atoms with van der Waals surface area (Å²) >= 11 is 0. The Hall–Kier alpha value is -2.39. The summed E-state index contributed by atoms with van der Waals surface area (Å²) in [6.07, 6.45) is 20.0. The Morgan fingerprint density at radius 3 is 2.09 bits per heavy atom. The Morgan fingerprint density at radius 1 is 0.864 bits per heavy atom. The lowest BCUT2D eigenvalue weighted by Gasteiger charge is -2.35. The molecule has 2 aliphatic rings. The van der Waals surface area contributed by atoms with Crippen molar-refractivity contribution in [1.82, 2.24) is 0 Å². The van der Waals surface area contributed by atoms with E-state index in [9.17, 15) is 9.90 Å². The van der Waals surface area contributed by atoms with Crippen LogP contribution >= 0.6 is 0 Å². The topological polar surface area (TPSA) is 46.5 Å². The van der Waals surface area contributed by atoms with Crippen LogP contribution in [0.15, 0.2) is 54.6 Å². The summed E-state index contributed by atoms with van der Waals surface area (Å²) in [7, 11) is 0. The molecule has 0 heterocycles. The predicted octanol–water partition coefficient (Wildman–Crippen LogP) is 10.6. The number of hydrogen-bond donors (Lipinski definition) is 1. The zero-order valence-electron chi connectivity index (χ0n) is 28.1. The van der Waals surface area contributed by atoms with Crippen LogP contribution in [0.5, 0.6) is 0 Å². The fraction of sp³-hybridized carbons (Fsp3) is 0.634. The number of aryl methyl sites for hydroxylation is 2. The van der Waals surface area contributed by atoms with Crippen molar-refractivity contribution in [1.29, 1.82) is 0 Å². The molecule has 2 aromatic rings. The maximum Gasteiger partial charge on any atom is 0.333 e. The van der Waals surface area contributed by atoms with Gasteiger partial charge in [-0.3, -0.25) is 0 Å². The third-order valence-corrected chi connectivity index (χ3v) is 11.0. The number of aliphatic hydroxyl groups is 1. The molecule has 1 atom stereocenters. The largest absolute Gasteiger partial charge is 0.462 e. The minimum Gasteiger partial charge on any atom is -0.462 e. The van der Waals surface area contributed by atoms with E-state index in [2.05, 4.69) is 62.9 Å². The molecule has 0 radical (unpaired) electrons. The quantitative estimate of drug-likeness (QED) is 0.118. The Morgan fingerprint density at radius 2 is 1.50 bits per heavy atom. The van der Waals surface area contributed by atoms with Gasteiger partial charge in [-0.25, -0.2) is 4.79 Å². The summed E-state index contributed by atoms with van der Waals surface area (Å²) in [6, 6.07) is 16.7. The van der Waals surface area contributed by atoms with Gasteiger partial charge in [-0.05, 0) is 129 Å². The molecule has 0 aromatic heterocycles. The van der Waals surface area contributed by atoms with Crippen molar-refractivity contribution in [3.8, 4) is 11.1 Å². The highest BCUT2D eigenvalue weighted by Gasteiger charge is 2.29. The van der Waals surface area contributed by atoms with Crippen LogP contribution in [0.3, 0.4) is 0 Å². The van der Waals surface area contributed by atoms with Crippen LogP contribution in [-0.2, 0) is 22.4 Å². The van der Waals surface area contributed by atoms with Crippen LogP contribution in [0.2, 0.25) is 0 Å². The second-order valence-corrected chi connectivity index (χ2v) is 14.1. The minimum absolute atomic E-state index is 0.162. The van der Waals surface area contributed by atoms with Gasteiger partial charge in [0.05, 0.1) is 6.61 Å². The number of ether oxygens (including phenoxy) is 1. The van der Waals surface area contributed by atoms with E-state index < -0.39 is 0 Å². The first-order valence-corrected chi connectivity index (χ1v) is 18.1. The molecule has 0 aliphatic heterocycles. The van der Waals surface area contributed by atoms with E-state index in [1.165, 1.54) is 118 Å². The van der Waals surface area contributed by atoms with Crippen molar-refractivity contribution < 1.29 is 14.6 Å². The van der Waals surface area contributed by atoms with Crippen LogP contribution in [0.25, 0.3) is 11.1 Å². The van der Waals surface area contributed by atoms with E-state index >= 15 is 0 Å². The molecule has 4 rings (SSSR count). The van der Waals surface area contributed by atoms with Crippen molar-refractivity contribution in [3.63, 3.8) is 0 Å². The van der Waals surface area contributed by atoms with Gasteiger partial charge in [-0.1, -0.05) is 101 Å². The highest BCUT2D eigenvalue weighted by molar-refractivity contribution is 5.86. The third kappa shape index (κ3) is 10.1. The van der Waals surface area contributed by atoms with E-state index in [4.69, 9.17) is 4.74 Å². The molecule has 1 unspecified atom stereocenters. The summed E-state index contributed by atoms with van der Waals surface area (Å²) < 4.78 is 5.47. The lowest BCUT2D eigenvalue weighted by molar-refractivity contribution is -0.141. The SMILES string of the molecule is C=C(C)C(=O)OCC(CCO)C1CCC(CCC2CCC(c3ccc(-c4ccc(CCCCC)c(CC)c4)cc3)CC2)CC1. The number of rotatable bonds is 16. The molecule has 0 bridgehead atoms. The molecule has 2 aliphatic carbocycles. The summed E-state index contributed by atoms with van der Waals surface area (Å²) in [5, 5.41) is 9.57. The number of hydrogen-bond acceptors (Lipinski definition) is 3. The van der Waals surface area contributed by atoms with Crippen LogP contribution in [-0.4, -0.2) is 24.3 Å². The first-order chi connectivity index (χ1) is 21.4. The number of benzene rings is 2. The number of carbonyl (C=O) groups excluding carboxylic acids is 1. The van der Waals surface area contributed by atoms with Crippen molar-refractivity contribution in [2.45, 2.75) is 129 Å². The summed E-state index contributed by atoms with van der Waals surface area (Å²) in [4.78, 5) is 11.9. The predicted molar refractivity (Wildman–Crippen MR) is 185 cm³/mol. The average Bonchev–Trinajstić information content (AvgIpc) is 3.06. The van der Waals surface area contributed by atoms with E-state index in [-0.39, 0.29) is 18.5 Å². The summed E-state index contributed by atoms with van der Waals surface area (Å²) in [6.45, 7) is 10.5. The lowest BCUT2D eigenvalue weighted by Crippen LogP contribution is -2.27. The van der Waals surface area contributed by atoms with Crippen molar-refractivity contribution >= 4 is 5.97 Å². The van der Waals surface area contributed by atoms with E-state index in [1.807, 2.05) is 0 Å². The Balaban J connectivity index is 1.19. The van der Waals surface area contributed by atoms with Crippen LogP contribution in [0, 0.1) is 23.7 Å². The van der Waals surface area contributed by atoms with Gasteiger partial charge in [0.25, 0.3) is 0 Å². The molecule has 242 valence electrons. The van der Waals surface area contributed by atoms with Crippen LogP contribution in [0.4, 0.5) is 0 Å². The number of carbonyl (C=O) groups is 1. The van der Waals surface area contributed by atoms with Crippen LogP contribution < -0.4 is 0 Å². The van der Waals surface area contributed by atoms with Gasteiger partial charge >= 0.3 is 5.97 Å². The average molecular weight is 601 g/mol. The molecule has 3 nitrogen and oxygen atoms in total. The minimum atomic E-state index is -0.308. The van der Waals surface area contributed by atoms with Gasteiger partial charge in [-0.15, -0.1) is 0 Å². The van der Waals surface area contributed by atoms with Gasteiger partial charge in [0.2, 0.25) is 0 Å². The molecule has 2 aromatic carbocycles. The lowest BCUT2D eigenvalue weighted by atomic mass is 9.72. The number of esters is 1. The fourth-order valence-corrected chi connectivity index (χ4v) is 8.02.